The molecule has 0 aromatic carbocycles. The number of thiophene rings is 1. The van der Waals surface area contributed by atoms with Crippen molar-refractivity contribution in [2.24, 2.45) is 5.92 Å². The van der Waals surface area contributed by atoms with Crippen molar-refractivity contribution >= 4 is 51.5 Å². The van der Waals surface area contributed by atoms with Crippen LogP contribution in [0.1, 0.15) is 55.9 Å². The van der Waals surface area contributed by atoms with Crippen LogP contribution < -0.4 is 0 Å². The Bertz CT molecular complexity index is 921. The lowest BCUT2D eigenvalue weighted by Gasteiger charge is -2.36. The van der Waals surface area contributed by atoms with Gasteiger partial charge in [-0.2, -0.15) is 8.75 Å². The minimum Gasteiger partial charge on any atom is -0.178 e. The number of fused-ring (bicyclic) bond motifs is 1. The largest absolute Gasteiger partial charge is 0.178 e. The Kier molecular flexibility index (Phi) is 6.96. The van der Waals surface area contributed by atoms with Crippen LogP contribution in [0.4, 0.5) is 0 Å². The van der Waals surface area contributed by atoms with Crippen LogP contribution in [0.3, 0.4) is 0 Å². The highest BCUT2D eigenvalue weighted by atomic mass is 32.2. The summed E-state index contributed by atoms with van der Waals surface area (Å²) in [6, 6.07) is 2.28. The minimum atomic E-state index is -0.241. The van der Waals surface area contributed by atoms with E-state index in [1.54, 1.807) is 17.3 Å². The second kappa shape index (κ2) is 8.90. The van der Waals surface area contributed by atoms with E-state index in [2.05, 4.69) is 62.9 Å². The SMILES string of the molecule is C=C(SC)C(=C)C(C)[C@@](C)(SC1=C(CC)Cc2ccsc21)c1nsnc1CC. The van der Waals surface area contributed by atoms with Gasteiger partial charge in [0, 0.05) is 20.6 Å². The highest BCUT2D eigenvalue weighted by Crippen LogP contribution is 2.56. The van der Waals surface area contributed by atoms with Gasteiger partial charge < -0.3 is 0 Å². The van der Waals surface area contributed by atoms with Gasteiger partial charge in [0.05, 0.1) is 27.9 Å². The predicted molar refractivity (Wildman–Crippen MR) is 130 cm³/mol. The Morgan fingerprint density at radius 1 is 1.29 bits per heavy atom. The summed E-state index contributed by atoms with van der Waals surface area (Å²) in [4.78, 5) is 3.93. The maximum Gasteiger partial charge on any atom is 0.0942 e. The molecule has 6 heteroatoms. The lowest BCUT2D eigenvalue weighted by molar-refractivity contribution is 0.507. The number of aromatic nitrogens is 2. The van der Waals surface area contributed by atoms with Crippen molar-refractivity contribution in [1.82, 2.24) is 8.75 Å². The fraction of sp³-hybridized carbons (Fsp3) is 0.455. The van der Waals surface area contributed by atoms with E-state index in [4.69, 9.17) is 4.37 Å². The van der Waals surface area contributed by atoms with Crippen molar-refractivity contribution in [2.75, 3.05) is 6.26 Å². The van der Waals surface area contributed by atoms with Crippen molar-refractivity contribution in [1.29, 1.82) is 0 Å². The first-order chi connectivity index (χ1) is 13.4. The van der Waals surface area contributed by atoms with Crippen LogP contribution in [0.25, 0.3) is 4.91 Å². The number of rotatable bonds is 9. The molecule has 1 aliphatic rings. The van der Waals surface area contributed by atoms with Gasteiger partial charge >= 0.3 is 0 Å². The molecule has 2 heterocycles. The van der Waals surface area contributed by atoms with Crippen molar-refractivity contribution in [3.05, 3.63) is 62.5 Å². The van der Waals surface area contributed by atoms with E-state index in [9.17, 15) is 0 Å². The summed E-state index contributed by atoms with van der Waals surface area (Å²) in [6.45, 7) is 17.7. The highest BCUT2D eigenvalue weighted by molar-refractivity contribution is 8.09. The van der Waals surface area contributed by atoms with Crippen LogP contribution in [0.5, 0.6) is 0 Å². The molecule has 0 radical (unpaired) electrons. The molecule has 0 aliphatic heterocycles. The molecule has 1 aliphatic carbocycles. The standard InChI is InChI=1S/C22H28N2S4/c1-8-16-12-17-10-11-26-19(17)20(16)27-22(6,14(4)13(3)15(5)25-7)21-18(9-2)23-28-24-21/h10-11,14H,3,5,8-9,12H2,1-2,4,6-7H3/t14?,22-/m1/s1. The number of hydrogen-bond acceptors (Lipinski definition) is 6. The number of hydrogen-bond donors (Lipinski definition) is 0. The third-order valence-corrected chi connectivity index (χ3v) is 9.83. The second-order valence-corrected chi connectivity index (χ2v) is 11.0. The Morgan fingerprint density at radius 2 is 2.04 bits per heavy atom. The van der Waals surface area contributed by atoms with Gasteiger partial charge in [-0.3, -0.25) is 0 Å². The predicted octanol–water partition coefficient (Wildman–Crippen LogP) is 7.56. The molecule has 0 fully saturated rings. The molecular weight excluding hydrogens is 421 g/mol. The van der Waals surface area contributed by atoms with Crippen LogP contribution >= 0.6 is 46.6 Å². The molecule has 3 rings (SSSR count). The summed E-state index contributed by atoms with van der Waals surface area (Å²) in [5.41, 5.74) is 6.33. The summed E-state index contributed by atoms with van der Waals surface area (Å²) < 4.78 is 9.16. The molecule has 1 unspecified atom stereocenters. The van der Waals surface area contributed by atoms with Gasteiger partial charge in [-0.15, -0.1) is 34.9 Å². The molecule has 0 spiro atoms. The van der Waals surface area contributed by atoms with Crippen LogP contribution in [0, 0.1) is 5.92 Å². The molecule has 2 aromatic rings. The third kappa shape index (κ3) is 3.81. The number of aryl methyl sites for hydroxylation is 1. The first-order valence-corrected chi connectivity index (χ1v) is 13.2. The summed E-state index contributed by atoms with van der Waals surface area (Å²) in [6.07, 6.45) is 5.13. The summed E-state index contributed by atoms with van der Waals surface area (Å²) >= 11 is 6.84. The van der Waals surface area contributed by atoms with Gasteiger partial charge in [-0.05, 0) is 55.0 Å². The molecule has 2 aromatic heterocycles. The van der Waals surface area contributed by atoms with Crippen LogP contribution in [-0.2, 0) is 17.6 Å². The Morgan fingerprint density at radius 3 is 2.68 bits per heavy atom. The normalized spacial score (nSPS) is 16.8. The van der Waals surface area contributed by atoms with E-state index in [0.717, 1.165) is 41.1 Å². The van der Waals surface area contributed by atoms with Gasteiger partial charge in [0.25, 0.3) is 0 Å². The number of allylic oxidation sites excluding steroid dienone is 2. The van der Waals surface area contributed by atoms with E-state index in [1.807, 2.05) is 23.1 Å². The Labute approximate surface area is 186 Å². The smallest absolute Gasteiger partial charge is 0.0942 e. The van der Waals surface area contributed by atoms with Gasteiger partial charge in [0.2, 0.25) is 0 Å². The minimum absolute atomic E-state index is 0.196. The zero-order chi connectivity index (χ0) is 20.5. The Balaban J connectivity index is 2.10. The fourth-order valence-corrected chi connectivity index (χ4v) is 7.62. The van der Waals surface area contributed by atoms with E-state index in [-0.39, 0.29) is 10.7 Å². The third-order valence-electron chi connectivity index (χ3n) is 5.73. The van der Waals surface area contributed by atoms with Crippen LogP contribution in [0.2, 0.25) is 0 Å². The van der Waals surface area contributed by atoms with Gasteiger partial charge in [0.15, 0.2) is 0 Å². The molecule has 2 nitrogen and oxygen atoms in total. The molecule has 28 heavy (non-hydrogen) atoms. The molecule has 0 bridgehead atoms. The monoisotopic (exact) mass is 448 g/mol. The number of nitrogens with zero attached hydrogens (tertiary/aromatic N) is 2. The molecule has 0 saturated heterocycles. The quantitative estimate of drug-likeness (QED) is 0.370. The first-order valence-electron chi connectivity index (χ1n) is 9.59. The molecule has 0 saturated carbocycles. The average molecular weight is 449 g/mol. The zero-order valence-corrected chi connectivity index (χ0v) is 20.6. The topological polar surface area (TPSA) is 25.8 Å². The molecule has 0 N–H and O–H groups in total. The maximum absolute atomic E-state index is 4.80. The van der Waals surface area contributed by atoms with Gasteiger partial charge in [0.1, 0.15) is 0 Å². The molecule has 150 valence electrons. The van der Waals surface area contributed by atoms with E-state index in [1.165, 1.54) is 27.1 Å². The fourth-order valence-electron chi connectivity index (χ4n) is 3.62. The summed E-state index contributed by atoms with van der Waals surface area (Å²) in [5.74, 6) is 0.196. The number of thioether (sulfide) groups is 2. The average Bonchev–Trinajstić information content (AvgIpc) is 3.42. The van der Waals surface area contributed by atoms with E-state index < -0.39 is 0 Å². The molecule has 0 amide bonds. The van der Waals surface area contributed by atoms with Crippen molar-refractivity contribution < 1.29 is 0 Å². The van der Waals surface area contributed by atoms with Crippen molar-refractivity contribution in [2.45, 2.75) is 51.7 Å². The molecular formula is C22H28N2S4. The lowest BCUT2D eigenvalue weighted by atomic mass is 9.85. The van der Waals surface area contributed by atoms with Crippen molar-refractivity contribution in [3.63, 3.8) is 0 Å². The first kappa shape index (κ1) is 21.9. The van der Waals surface area contributed by atoms with Gasteiger partial charge in [-0.1, -0.05) is 39.5 Å². The molecule has 2 atom stereocenters. The van der Waals surface area contributed by atoms with Crippen LogP contribution in [0.15, 0.2) is 40.7 Å². The van der Waals surface area contributed by atoms with E-state index >= 15 is 0 Å². The van der Waals surface area contributed by atoms with Crippen molar-refractivity contribution in [3.8, 4) is 0 Å². The highest BCUT2D eigenvalue weighted by Gasteiger charge is 2.42. The summed E-state index contributed by atoms with van der Waals surface area (Å²) in [5, 5.41) is 2.22. The Hall–Kier alpha value is -0.820. The second-order valence-electron chi connectivity index (χ2n) is 7.23. The van der Waals surface area contributed by atoms with E-state index in [0.29, 0.717) is 0 Å². The van der Waals surface area contributed by atoms with Crippen LogP contribution in [-0.4, -0.2) is 15.0 Å². The van der Waals surface area contributed by atoms with Gasteiger partial charge in [-0.25, -0.2) is 0 Å². The summed E-state index contributed by atoms with van der Waals surface area (Å²) in [7, 11) is 0. The lowest BCUT2D eigenvalue weighted by Crippen LogP contribution is -2.30. The maximum atomic E-state index is 4.80. The zero-order valence-electron chi connectivity index (χ0n) is 17.3.